The van der Waals surface area contributed by atoms with Crippen LogP contribution in [0.2, 0.25) is 0 Å². The zero-order valence-corrected chi connectivity index (χ0v) is 9.86. The van der Waals surface area contributed by atoms with Crippen LogP contribution >= 0.6 is 0 Å². The SMILES string of the molecule is CC1C(C)C2OCCN(C(C)C)CC12. The summed E-state index contributed by atoms with van der Waals surface area (Å²) in [7, 11) is 0. The fourth-order valence-corrected chi connectivity index (χ4v) is 2.92. The summed E-state index contributed by atoms with van der Waals surface area (Å²) in [6.07, 6.45) is 0.550. The van der Waals surface area contributed by atoms with E-state index in [1.54, 1.807) is 0 Å². The number of hydrogen-bond acceptors (Lipinski definition) is 2. The Morgan fingerprint density at radius 1 is 1.21 bits per heavy atom. The van der Waals surface area contributed by atoms with E-state index in [-0.39, 0.29) is 0 Å². The van der Waals surface area contributed by atoms with E-state index in [0.717, 1.165) is 30.9 Å². The van der Waals surface area contributed by atoms with E-state index < -0.39 is 0 Å². The second-order valence-corrected chi connectivity index (χ2v) is 5.31. The van der Waals surface area contributed by atoms with Gasteiger partial charge in [0.2, 0.25) is 0 Å². The van der Waals surface area contributed by atoms with E-state index in [9.17, 15) is 0 Å². The molecule has 0 amide bonds. The Bertz CT molecular complexity index is 204. The maximum Gasteiger partial charge on any atom is 0.0646 e. The molecule has 0 N–H and O–H groups in total. The van der Waals surface area contributed by atoms with Gasteiger partial charge in [0.25, 0.3) is 0 Å². The van der Waals surface area contributed by atoms with Crippen molar-refractivity contribution in [3.05, 3.63) is 0 Å². The molecule has 2 fully saturated rings. The van der Waals surface area contributed by atoms with Gasteiger partial charge in [0.15, 0.2) is 0 Å². The van der Waals surface area contributed by atoms with Crippen molar-refractivity contribution >= 4 is 0 Å². The average Bonchev–Trinajstić information content (AvgIpc) is 2.36. The maximum atomic E-state index is 5.92. The summed E-state index contributed by atoms with van der Waals surface area (Å²) in [5.74, 6) is 2.40. The molecule has 0 bridgehead atoms. The molecule has 0 radical (unpaired) electrons. The summed E-state index contributed by atoms with van der Waals surface area (Å²) in [5, 5.41) is 0. The fraction of sp³-hybridized carbons (Fsp3) is 1.00. The minimum absolute atomic E-state index is 0.550. The normalized spacial score (nSPS) is 44.4. The largest absolute Gasteiger partial charge is 0.376 e. The first-order valence-electron chi connectivity index (χ1n) is 5.97. The monoisotopic (exact) mass is 197 g/mol. The first kappa shape index (κ1) is 10.4. The van der Waals surface area contributed by atoms with Gasteiger partial charge in [-0.15, -0.1) is 0 Å². The first-order valence-corrected chi connectivity index (χ1v) is 5.97. The van der Waals surface area contributed by atoms with Crippen molar-refractivity contribution in [3.63, 3.8) is 0 Å². The molecular weight excluding hydrogens is 174 g/mol. The van der Waals surface area contributed by atoms with Crippen molar-refractivity contribution < 1.29 is 4.74 Å². The number of fused-ring (bicyclic) bond motifs is 1. The Hall–Kier alpha value is -0.0800. The zero-order valence-electron chi connectivity index (χ0n) is 9.86. The Morgan fingerprint density at radius 2 is 1.93 bits per heavy atom. The van der Waals surface area contributed by atoms with E-state index in [1.807, 2.05) is 0 Å². The molecule has 1 saturated heterocycles. The third kappa shape index (κ3) is 1.59. The van der Waals surface area contributed by atoms with Crippen LogP contribution in [0.15, 0.2) is 0 Å². The molecule has 0 spiro atoms. The highest BCUT2D eigenvalue weighted by molar-refractivity contribution is 4.96. The Balaban J connectivity index is 2.00. The third-order valence-corrected chi connectivity index (χ3v) is 4.31. The molecule has 2 rings (SSSR count). The lowest BCUT2D eigenvalue weighted by Crippen LogP contribution is -2.53. The number of rotatable bonds is 1. The third-order valence-electron chi connectivity index (χ3n) is 4.31. The maximum absolute atomic E-state index is 5.92. The predicted octanol–water partition coefficient (Wildman–Crippen LogP) is 2.00. The molecule has 1 saturated carbocycles. The molecule has 1 heterocycles. The van der Waals surface area contributed by atoms with Crippen LogP contribution in [0.1, 0.15) is 27.7 Å². The summed E-state index contributed by atoms with van der Waals surface area (Å²) in [6, 6.07) is 0.667. The molecule has 0 aromatic carbocycles. The van der Waals surface area contributed by atoms with Crippen molar-refractivity contribution in [2.45, 2.75) is 39.8 Å². The molecular formula is C12H23NO. The highest BCUT2D eigenvalue weighted by Gasteiger charge is 2.47. The van der Waals surface area contributed by atoms with Crippen LogP contribution in [0.5, 0.6) is 0 Å². The number of ether oxygens (including phenoxy) is 1. The summed E-state index contributed by atoms with van der Waals surface area (Å²) in [6.45, 7) is 12.6. The molecule has 2 heteroatoms. The quantitative estimate of drug-likeness (QED) is 0.637. The summed E-state index contributed by atoms with van der Waals surface area (Å²) in [4.78, 5) is 2.56. The van der Waals surface area contributed by atoms with Crippen molar-refractivity contribution in [1.29, 1.82) is 0 Å². The lowest BCUT2D eigenvalue weighted by atomic mass is 9.64. The van der Waals surface area contributed by atoms with Crippen molar-refractivity contribution in [2.75, 3.05) is 19.7 Å². The van der Waals surface area contributed by atoms with Crippen LogP contribution in [-0.4, -0.2) is 36.7 Å². The van der Waals surface area contributed by atoms with E-state index >= 15 is 0 Å². The van der Waals surface area contributed by atoms with Crippen LogP contribution in [0.3, 0.4) is 0 Å². The number of nitrogens with zero attached hydrogens (tertiary/aromatic N) is 1. The lowest BCUT2D eigenvalue weighted by Gasteiger charge is -2.48. The van der Waals surface area contributed by atoms with Gasteiger partial charge >= 0.3 is 0 Å². The van der Waals surface area contributed by atoms with Gasteiger partial charge in [-0.05, 0) is 25.7 Å². The van der Waals surface area contributed by atoms with E-state index in [1.165, 1.54) is 6.54 Å². The topological polar surface area (TPSA) is 12.5 Å². The van der Waals surface area contributed by atoms with Crippen LogP contribution in [0, 0.1) is 17.8 Å². The van der Waals surface area contributed by atoms with Gasteiger partial charge in [-0.25, -0.2) is 0 Å². The summed E-state index contributed by atoms with van der Waals surface area (Å²) >= 11 is 0. The Morgan fingerprint density at radius 3 is 2.57 bits per heavy atom. The molecule has 4 unspecified atom stereocenters. The molecule has 0 aromatic rings. The van der Waals surface area contributed by atoms with Crippen molar-refractivity contribution in [2.24, 2.45) is 17.8 Å². The van der Waals surface area contributed by atoms with E-state index in [0.29, 0.717) is 12.1 Å². The molecule has 1 aliphatic heterocycles. The average molecular weight is 197 g/mol. The lowest BCUT2D eigenvalue weighted by molar-refractivity contribution is -0.115. The summed E-state index contributed by atoms with van der Waals surface area (Å²) < 4.78 is 5.92. The minimum atomic E-state index is 0.550. The van der Waals surface area contributed by atoms with Gasteiger partial charge in [-0.1, -0.05) is 13.8 Å². The molecule has 0 aromatic heterocycles. The fourth-order valence-electron chi connectivity index (χ4n) is 2.92. The van der Waals surface area contributed by atoms with Gasteiger partial charge in [0.1, 0.15) is 0 Å². The smallest absolute Gasteiger partial charge is 0.0646 e. The minimum Gasteiger partial charge on any atom is -0.376 e. The molecule has 14 heavy (non-hydrogen) atoms. The Labute approximate surface area is 87.6 Å². The second-order valence-electron chi connectivity index (χ2n) is 5.31. The van der Waals surface area contributed by atoms with Crippen LogP contribution < -0.4 is 0 Å². The second kappa shape index (κ2) is 3.82. The van der Waals surface area contributed by atoms with Crippen LogP contribution in [-0.2, 0) is 4.74 Å². The van der Waals surface area contributed by atoms with Crippen LogP contribution in [0.25, 0.3) is 0 Å². The number of hydrogen-bond donors (Lipinski definition) is 0. The molecule has 1 aliphatic carbocycles. The van der Waals surface area contributed by atoms with Crippen molar-refractivity contribution in [1.82, 2.24) is 4.90 Å². The Kier molecular flexibility index (Phi) is 2.85. The van der Waals surface area contributed by atoms with Gasteiger partial charge in [0, 0.05) is 25.0 Å². The van der Waals surface area contributed by atoms with Gasteiger partial charge in [-0.2, -0.15) is 0 Å². The zero-order chi connectivity index (χ0) is 10.3. The first-order chi connectivity index (χ1) is 6.61. The highest BCUT2D eigenvalue weighted by atomic mass is 16.5. The molecule has 2 nitrogen and oxygen atoms in total. The van der Waals surface area contributed by atoms with Crippen molar-refractivity contribution in [3.8, 4) is 0 Å². The van der Waals surface area contributed by atoms with E-state index in [2.05, 4.69) is 32.6 Å². The van der Waals surface area contributed by atoms with Gasteiger partial charge < -0.3 is 4.74 Å². The molecule has 2 aliphatic rings. The van der Waals surface area contributed by atoms with Gasteiger partial charge in [-0.3, -0.25) is 4.90 Å². The molecule has 82 valence electrons. The van der Waals surface area contributed by atoms with Crippen LogP contribution in [0.4, 0.5) is 0 Å². The highest BCUT2D eigenvalue weighted by Crippen LogP contribution is 2.43. The standard InChI is InChI=1S/C12H23NO/c1-8(2)13-5-6-14-12-10(4)9(3)11(12)7-13/h8-12H,5-7H2,1-4H3. The molecule has 4 atom stereocenters. The summed E-state index contributed by atoms with van der Waals surface area (Å²) in [5.41, 5.74) is 0. The predicted molar refractivity (Wildman–Crippen MR) is 58.3 cm³/mol. The van der Waals surface area contributed by atoms with E-state index in [4.69, 9.17) is 4.74 Å². The van der Waals surface area contributed by atoms with Gasteiger partial charge in [0.05, 0.1) is 12.7 Å².